The summed E-state index contributed by atoms with van der Waals surface area (Å²) in [6, 6.07) is 6.75. The van der Waals surface area contributed by atoms with Gasteiger partial charge in [0.1, 0.15) is 5.75 Å². The fourth-order valence-corrected chi connectivity index (χ4v) is 5.08. The van der Waals surface area contributed by atoms with E-state index in [9.17, 15) is 13.2 Å². The van der Waals surface area contributed by atoms with Gasteiger partial charge in [0.2, 0.25) is 10.0 Å². The molecule has 0 fully saturated rings. The third-order valence-electron chi connectivity index (χ3n) is 5.72. The van der Waals surface area contributed by atoms with Gasteiger partial charge in [0.25, 0.3) is 5.24 Å². The highest BCUT2D eigenvalue weighted by atomic mass is 35.5. The fraction of sp³-hybridized carbons (Fsp3) is 0.720. The van der Waals surface area contributed by atoms with Gasteiger partial charge in [0, 0.05) is 7.05 Å². The molecule has 0 saturated carbocycles. The number of rotatable bonds is 19. The van der Waals surface area contributed by atoms with Gasteiger partial charge in [0.15, 0.2) is 6.10 Å². The van der Waals surface area contributed by atoms with Crippen LogP contribution in [0.25, 0.3) is 0 Å². The van der Waals surface area contributed by atoms with Gasteiger partial charge < -0.3 is 4.74 Å². The van der Waals surface area contributed by atoms with Crippen molar-refractivity contribution in [2.24, 2.45) is 0 Å². The molecule has 1 atom stereocenters. The molecule has 0 spiro atoms. The first-order valence-corrected chi connectivity index (χ1v) is 14.2. The second-order valence-electron chi connectivity index (χ2n) is 8.51. The second kappa shape index (κ2) is 16.4. The van der Waals surface area contributed by atoms with Gasteiger partial charge in [0.05, 0.1) is 11.4 Å². The van der Waals surface area contributed by atoms with Gasteiger partial charge >= 0.3 is 0 Å². The lowest BCUT2D eigenvalue weighted by Crippen LogP contribution is -2.29. The van der Waals surface area contributed by atoms with E-state index in [1.807, 2.05) is 6.92 Å². The molecule has 7 heteroatoms. The van der Waals surface area contributed by atoms with Gasteiger partial charge in [-0.15, -0.1) is 0 Å². The van der Waals surface area contributed by atoms with E-state index >= 15 is 0 Å². The van der Waals surface area contributed by atoms with Crippen LogP contribution in [0.5, 0.6) is 5.75 Å². The smallest absolute Gasteiger partial charge is 0.262 e. The second-order valence-corrected chi connectivity index (χ2v) is 11.0. The number of anilines is 1. The Labute approximate surface area is 200 Å². The van der Waals surface area contributed by atoms with E-state index < -0.39 is 21.4 Å². The maximum Gasteiger partial charge on any atom is 0.262 e. The minimum Gasteiger partial charge on any atom is -0.481 e. The monoisotopic (exact) mass is 487 g/mol. The summed E-state index contributed by atoms with van der Waals surface area (Å²) in [6.45, 7) is 4.20. The highest BCUT2D eigenvalue weighted by Gasteiger charge is 2.20. The highest BCUT2D eigenvalue weighted by Crippen LogP contribution is 2.23. The lowest BCUT2D eigenvalue weighted by molar-refractivity contribution is -0.118. The van der Waals surface area contributed by atoms with Crippen LogP contribution in [-0.4, -0.2) is 32.6 Å². The van der Waals surface area contributed by atoms with Gasteiger partial charge in [-0.1, -0.05) is 78.1 Å². The summed E-state index contributed by atoms with van der Waals surface area (Å²) in [5.74, 6) is 0.638. The Morgan fingerprint density at radius 3 is 1.88 bits per heavy atom. The van der Waals surface area contributed by atoms with Crippen molar-refractivity contribution in [2.45, 2.75) is 103 Å². The van der Waals surface area contributed by atoms with E-state index in [1.54, 1.807) is 31.3 Å². The molecule has 0 aliphatic heterocycles. The molecule has 1 aromatic carbocycles. The normalized spacial score (nSPS) is 12.5. The predicted molar refractivity (Wildman–Crippen MR) is 135 cm³/mol. The number of unbranched alkanes of at least 4 members (excludes halogenated alkanes) is 10. The molecule has 0 bridgehead atoms. The summed E-state index contributed by atoms with van der Waals surface area (Å²) >= 11 is 5.76. The fourth-order valence-electron chi connectivity index (χ4n) is 3.56. The standard InChI is InChI=1S/C25H42ClNO4S/c1-4-6-8-9-10-11-12-13-14-15-16-24(25(26)28)31-23-19-17-22(18-20-23)27(3)32(29,30)21-7-5-2/h17-20,24H,4-16,21H2,1-3H3. The molecular formula is C25H42ClNO4S. The van der Waals surface area contributed by atoms with Crippen molar-refractivity contribution in [3.05, 3.63) is 24.3 Å². The average Bonchev–Trinajstić information content (AvgIpc) is 2.78. The molecule has 1 aromatic rings. The van der Waals surface area contributed by atoms with Crippen LogP contribution in [0.4, 0.5) is 5.69 Å². The zero-order chi connectivity index (χ0) is 23.8. The summed E-state index contributed by atoms with van der Waals surface area (Å²) in [6.07, 6.45) is 13.7. The molecule has 0 saturated heterocycles. The zero-order valence-corrected chi connectivity index (χ0v) is 21.7. The molecule has 0 aliphatic carbocycles. The molecule has 184 valence electrons. The van der Waals surface area contributed by atoms with Crippen molar-refractivity contribution in [1.82, 2.24) is 0 Å². The minimum absolute atomic E-state index is 0.125. The first-order valence-electron chi connectivity index (χ1n) is 12.2. The summed E-state index contributed by atoms with van der Waals surface area (Å²) in [5, 5.41) is -0.496. The molecule has 0 radical (unpaired) electrons. The Morgan fingerprint density at radius 1 is 0.875 bits per heavy atom. The average molecular weight is 488 g/mol. The largest absolute Gasteiger partial charge is 0.481 e. The van der Waals surface area contributed by atoms with Crippen molar-refractivity contribution in [3.63, 3.8) is 0 Å². The lowest BCUT2D eigenvalue weighted by Gasteiger charge is -2.20. The Balaban J connectivity index is 2.41. The van der Waals surface area contributed by atoms with E-state index in [0.29, 0.717) is 24.3 Å². The van der Waals surface area contributed by atoms with Gasteiger partial charge in [-0.25, -0.2) is 8.42 Å². The van der Waals surface area contributed by atoms with E-state index in [0.717, 1.165) is 19.3 Å². The van der Waals surface area contributed by atoms with Crippen molar-refractivity contribution in [3.8, 4) is 5.75 Å². The van der Waals surface area contributed by atoms with Crippen LogP contribution < -0.4 is 9.04 Å². The lowest BCUT2D eigenvalue weighted by atomic mass is 10.0. The number of carbonyl (C=O) groups excluding carboxylic acids is 1. The van der Waals surface area contributed by atoms with Crippen molar-refractivity contribution < 1.29 is 17.9 Å². The Hall–Kier alpha value is -1.27. The third-order valence-corrected chi connectivity index (χ3v) is 7.82. The Morgan fingerprint density at radius 2 is 1.38 bits per heavy atom. The van der Waals surface area contributed by atoms with E-state index in [4.69, 9.17) is 16.3 Å². The number of hydrogen-bond acceptors (Lipinski definition) is 4. The molecule has 5 nitrogen and oxygen atoms in total. The summed E-state index contributed by atoms with van der Waals surface area (Å²) < 4.78 is 31.8. The molecule has 32 heavy (non-hydrogen) atoms. The maximum absolute atomic E-state index is 12.3. The maximum atomic E-state index is 12.3. The van der Waals surface area contributed by atoms with Gasteiger partial charge in [-0.2, -0.15) is 0 Å². The summed E-state index contributed by atoms with van der Waals surface area (Å²) in [5.41, 5.74) is 0.567. The molecule has 0 heterocycles. The van der Waals surface area contributed by atoms with Crippen LogP contribution in [0.3, 0.4) is 0 Å². The van der Waals surface area contributed by atoms with Crippen LogP contribution in [0.15, 0.2) is 24.3 Å². The quantitative estimate of drug-likeness (QED) is 0.154. The highest BCUT2D eigenvalue weighted by molar-refractivity contribution is 7.92. The molecule has 1 unspecified atom stereocenters. The third kappa shape index (κ3) is 11.6. The SMILES string of the molecule is CCCCCCCCCCCCC(Oc1ccc(N(C)S(=O)(=O)CCCC)cc1)C(=O)Cl. The topological polar surface area (TPSA) is 63.7 Å². The van der Waals surface area contributed by atoms with E-state index in [-0.39, 0.29) is 5.75 Å². The number of hydrogen-bond donors (Lipinski definition) is 0. The van der Waals surface area contributed by atoms with Crippen LogP contribution in [0.2, 0.25) is 0 Å². The molecule has 0 amide bonds. The molecule has 0 aromatic heterocycles. The first-order chi connectivity index (χ1) is 15.3. The van der Waals surface area contributed by atoms with Crippen LogP contribution >= 0.6 is 11.6 Å². The number of ether oxygens (including phenoxy) is 1. The molecule has 0 aliphatic rings. The van der Waals surface area contributed by atoms with Crippen molar-refractivity contribution in [1.29, 1.82) is 0 Å². The molecule has 1 rings (SSSR count). The number of carbonyl (C=O) groups is 1. The predicted octanol–water partition coefficient (Wildman–Crippen LogP) is 7.08. The van der Waals surface area contributed by atoms with Gasteiger partial charge in [-0.3, -0.25) is 9.10 Å². The minimum atomic E-state index is -3.34. The number of halogens is 1. The van der Waals surface area contributed by atoms with Gasteiger partial charge in [-0.05, 0) is 55.1 Å². The Bertz CT molecular complexity index is 737. The van der Waals surface area contributed by atoms with Crippen molar-refractivity contribution in [2.75, 3.05) is 17.1 Å². The van der Waals surface area contributed by atoms with Crippen LogP contribution in [-0.2, 0) is 14.8 Å². The van der Waals surface area contributed by atoms with E-state index in [2.05, 4.69) is 6.92 Å². The number of sulfonamides is 1. The first kappa shape index (κ1) is 28.8. The number of benzene rings is 1. The van der Waals surface area contributed by atoms with Crippen LogP contribution in [0.1, 0.15) is 97.3 Å². The van der Waals surface area contributed by atoms with Crippen molar-refractivity contribution >= 4 is 32.6 Å². The number of nitrogens with zero attached hydrogens (tertiary/aromatic N) is 1. The zero-order valence-electron chi connectivity index (χ0n) is 20.2. The summed E-state index contributed by atoms with van der Waals surface area (Å²) in [7, 11) is -1.78. The Kier molecular flexibility index (Phi) is 14.7. The van der Waals surface area contributed by atoms with Crippen LogP contribution in [0, 0.1) is 0 Å². The molecule has 0 N–H and O–H groups in total. The summed E-state index contributed by atoms with van der Waals surface area (Å²) in [4.78, 5) is 11.8. The van der Waals surface area contributed by atoms with E-state index in [1.165, 1.54) is 55.7 Å². The molecular weight excluding hydrogens is 446 g/mol.